The van der Waals surface area contributed by atoms with Crippen molar-refractivity contribution in [3.63, 3.8) is 0 Å². The molecule has 1 aliphatic heterocycles. The molecule has 174 valence electrons. The van der Waals surface area contributed by atoms with Crippen LogP contribution >= 0.6 is 11.6 Å². The van der Waals surface area contributed by atoms with Crippen LogP contribution in [-0.4, -0.2) is 56.7 Å². The third kappa shape index (κ3) is 3.90. The highest BCUT2D eigenvalue weighted by molar-refractivity contribution is 6.33. The van der Waals surface area contributed by atoms with Gasteiger partial charge >= 0.3 is 0 Å². The second kappa shape index (κ2) is 9.06. The van der Waals surface area contributed by atoms with Crippen LogP contribution in [0.3, 0.4) is 0 Å². The van der Waals surface area contributed by atoms with Gasteiger partial charge in [0.05, 0.1) is 27.4 Å². The number of aromatic nitrogens is 4. The van der Waals surface area contributed by atoms with Crippen LogP contribution in [0.4, 0.5) is 5.82 Å². The van der Waals surface area contributed by atoms with E-state index in [2.05, 4.69) is 30.9 Å². The highest BCUT2D eigenvalue weighted by atomic mass is 35.5. The first kappa shape index (κ1) is 22.3. The molecule has 5 rings (SSSR count). The quantitative estimate of drug-likeness (QED) is 0.432. The summed E-state index contributed by atoms with van der Waals surface area (Å²) in [4.78, 5) is 26.9. The number of para-hydroxylation sites is 1. The molecule has 2 aromatic carbocycles. The zero-order valence-electron chi connectivity index (χ0n) is 19.6. The van der Waals surface area contributed by atoms with Crippen LogP contribution in [-0.2, 0) is 6.42 Å². The molecular weight excluding hydrogens is 448 g/mol. The lowest BCUT2D eigenvalue weighted by Gasteiger charge is -2.36. The summed E-state index contributed by atoms with van der Waals surface area (Å²) >= 11 is 6.26. The van der Waals surface area contributed by atoms with Crippen molar-refractivity contribution in [3.8, 4) is 5.69 Å². The summed E-state index contributed by atoms with van der Waals surface area (Å²) in [5, 5.41) is 6.30. The Morgan fingerprint density at radius 1 is 0.971 bits per heavy atom. The minimum atomic E-state index is -0.0316. The van der Waals surface area contributed by atoms with Gasteiger partial charge in [-0.1, -0.05) is 48.9 Å². The molecule has 8 heteroatoms. The second-order valence-corrected chi connectivity index (χ2v) is 8.97. The molecule has 0 bridgehead atoms. The number of nitrogens with zero attached hydrogens (tertiary/aromatic N) is 6. The van der Waals surface area contributed by atoms with Gasteiger partial charge in [0.1, 0.15) is 11.6 Å². The molecule has 0 N–H and O–H groups in total. The molecule has 0 unspecified atom stereocenters. The predicted octanol–water partition coefficient (Wildman–Crippen LogP) is 4.61. The van der Waals surface area contributed by atoms with Crippen molar-refractivity contribution in [2.75, 3.05) is 31.1 Å². The molecule has 1 fully saturated rings. The minimum Gasteiger partial charge on any atom is -0.352 e. The molecule has 3 heterocycles. The Balaban J connectivity index is 1.48. The van der Waals surface area contributed by atoms with Gasteiger partial charge in [-0.15, -0.1) is 0 Å². The van der Waals surface area contributed by atoms with Gasteiger partial charge in [-0.2, -0.15) is 5.10 Å². The highest BCUT2D eigenvalue weighted by Gasteiger charge is 2.27. The number of hydrogen-bond donors (Lipinski definition) is 0. The van der Waals surface area contributed by atoms with Crippen molar-refractivity contribution in [2.24, 2.45) is 0 Å². The molecule has 0 spiro atoms. The van der Waals surface area contributed by atoms with Crippen molar-refractivity contribution >= 4 is 34.4 Å². The van der Waals surface area contributed by atoms with Gasteiger partial charge in [0.2, 0.25) is 0 Å². The number of carbonyl (C=O) groups is 1. The van der Waals surface area contributed by atoms with E-state index < -0.39 is 0 Å². The largest absolute Gasteiger partial charge is 0.352 e. The van der Waals surface area contributed by atoms with Crippen LogP contribution in [0.5, 0.6) is 0 Å². The van der Waals surface area contributed by atoms with Crippen LogP contribution in [0.15, 0.2) is 48.5 Å². The van der Waals surface area contributed by atoms with Crippen LogP contribution in [0, 0.1) is 13.8 Å². The zero-order chi connectivity index (χ0) is 23.8. The second-order valence-electron chi connectivity index (χ2n) is 8.56. The Morgan fingerprint density at radius 3 is 2.38 bits per heavy atom. The number of aryl methyl sites for hydroxylation is 3. The summed E-state index contributed by atoms with van der Waals surface area (Å²) in [5.41, 5.74) is 4.42. The van der Waals surface area contributed by atoms with Crippen LogP contribution in [0.2, 0.25) is 5.02 Å². The third-order valence-electron chi connectivity index (χ3n) is 6.36. The van der Waals surface area contributed by atoms with E-state index in [-0.39, 0.29) is 5.91 Å². The van der Waals surface area contributed by atoms with E-state index in [4.69, 9.17) is 26.7 Å². The van der Waals surface area contributed by atoms with Gasteiger partial charge in [-0.05, 0) is 37.6 Å². The van der Waals surface area contributed by atoms with Gasteiger partial charge in [0.15, 0.2) is 5.65 Å². The standard InChI is InChI=1S/C26H27ClN6O/c1-4-22-28-24(23-18(3)30-33(25(23)29-22)21-12-8-5-9-17(21)2)31-13-15-32(16-14-31)26(34)19-10-6-7-11-20(19)27/h5-12H,4,13-16H2,1-3H3. The molecule has 0 atom stereocenters. The molecule has 2 aromatic heterocycles. The number of piperazine rings is 1. The van der Waals surface area contributed by atoms with Crippen LogP contribution < -0.4 is 4.90 Å². The number of rotatable bonds is 4. The van der Waals surface area contributed by atoms with Gasteiger partial charge in [-0.25, -0.2) is 14.6 Å². The lowest BCUT2D eigenvalue weighted by atomic mass is 10.1. The maximum absolute atomic E-state index is 13.0. The van der Waals surface area contributed by atoms with Crippen LogP contribution in [0.25, 0.3) is 16.7 Å². The number of fused-ring (bicyclic) bond motifs is 1. The molecular formula is C26H27ClN6O. The lowest BCUT2D eigenvalue weighted by molar-refractivity contribution is 0.0747. The minimum absolute atomic E-state index is 0.0316. The maximum Gasteiger partial charge on any atom is 0.255 e. The molecule has 1 amide bonds. The van der Waals surface area contributed by atoms with Crippen molar-refractivity contribution in [1.29, 1.82) is 0 Å². The van der Waals surface area contributed by atoms with Gasteiger partial charge < -0.3 is 9.80 Å². The van der Waals surface area contributed by atoms with E-state index in [1.165, 1.54) is 0 Å². The summed E-state index contributed by atoms with van der Waals surface area (Å²) in [6.45, 7) is 8.71. The van der Waals surface area contributed by atoms with E-state index >= 15 is 0 Å². The van der Waals surface area contributed by atoms with Crippen molar-refractivity contribution in [3.05, 3.63) is 76.2 Å². The fourth-order valence-corrected chi connectivity index (χ4v) is 4.70. The van der Waals surface area contributed by atoms with Crippen molar-refractivity contribution in [1.82, 2.24) is 24.6 Å². The van der Waals surface area contributed by atoms with Gasteiger partial charge in [-0.3, -0.25) is 4.79 Å². The molecule has 1 aliphatic rings. The monoisotopic (exact) mass is 474 g/mol. The summed E-state index contributed by atoms with van der Waals surface area (Å²) in [7, 11) is 0. The van der Waals surface area contributed by atoms with Gasteiger partial charge in [0, 0.05) is 32.6 Å². The van der Waals surface area contributed by atoms with Crippen molar-refractivity contribution < 1.29 is 4.79 Å². The fraction of sp³-hybridized carbons (Fsp3) is 0.308. The molecule has 4 aromatic rings. The molecule has 7 nitrogen and oxygen atoms in total. The van der Waals surface area contributed by atoms with E-state index in [9.17, 15) is 4.79 Å². The number of anilines is 1. The average molecular weight is 475 g/mol. The highest BCUT2D eigenvalue weighted by Crippen LogP contribution is 2.30. The number of benzene rings is 2. The first-order valence-electron chi connectivity index (χ1n) is 11.6. The first-order valence-corrected chi connectivity index (χ1v) is 12.0. The zero-order valence-corrected chi connectivity index (χ0v) is 20.4. The number of halogens is 1. The SMILES string of the molecule is CCc1nc(N2CCN(C(=O)c3ccccc3Cl)CC2)c2c(C)nn(-c3ccccc3C)c2n1. The Morgan fingerprint density at radius 2 is 1.68 bits per heavy atom. The van der Waals surface area contributed by atoms with Gasteiger partial charge in [0.25, 0.3) is 5.91 Å². The Hall–Kier alpha value is -3.45. The van der Waals surface area contributed by atoms with E-state index in [0.29, 0.717) is 36.8 Å². The van der Waals surface area contributed by atoms with Crippen molar-refractivity contribution in [2.45, 2.75) is 27.2 Å². The number of amides is 1. The molecule has 1 saturated heterocycles. The molecule has 0 radical (unpaired) electrons. The smallest absolute Gasteiger partial charge is 0.255 e. The lowest BCUT2D eigenvalue weighted by Crippen LogP contribution is -2.49. The Kier molecular flexibility index (Phi) is 5.96. The molecule has 0 aliphatic carbocycles. The normalized spacial score (nSPS) is 14.1. The summed E-state index contributed by atoms with van der Waals surface area (Å²) < 4.78 is 1.93. The Bertz CT molecular complexity index is 1370. The number of hydrogen-bond acceptors (Lipinski definition) is 5. The first-order chi connectivity index (χ1) is 16.5. The Labute approximate surface area is 204 Å². The van der Waals surface area contributed by atoms with E-state index in [1.807, 2.05) is 40.8 Å². The van der Waals surface area contributed by atoms with E-state index in [1.54, 1.807) is 12.1 Å². The van der Waals surface area contributed by atoms with E-state index in [0.717, 1.165) is 46.0 Å². The summed E-state index contributed by atoms with van der Waals surface area (Å²) in [6, 6.07) is 15.4. The third-order valence-corrected chi connectivity index (χ3v) is 6.69. The molecule has 0 saturated carbocycles. The topological polar surface area (TPSA) is 67.2 Å². The molecule has 34 heavy (non-hydrogen) atoms. The summed E-state index contributed by atoms with van der Waals surface area (Å²) in [5.74, 6) is 1.65. The van der Waals surface area contributed by atoms with Crippen LogP contribution in [0.1, 0.15) is 34.4 Å². The fourth-order valence-electron chi connectivity index (χ4n) is 4.49. The average Bonchev–Trinajstić information content (AvgIpc) is 3.19. The predicted molar refractivity (Wildman–Crippen MR) is 135 cm³/mol. The number of carbonyl (C=O) groups excluding carboxylic acids is 1. The summed E-state index contributed by atoms with van der Waals surface area (Å²) in [6.07, 6.45) is 0.728. The maximum atomic E-state index is 13.0.